The Morgan fingerprint density at radius 2 is 1.90 bits per heavy atom. The third-order valence-corrected chi connectivity index (χ3v) is 4.29. The molecule has 1 heterocycles. The number of benzene rings is 1. The maximum absolute atomic E-state index is 12.4. The zero-order chi connectivity index (χ0) is 15.6. The minimum atomic E-state index is -3.79. The molecule has 21 heavy (non-hydrogen) atoms. The first kappa shape index (κ1) is 15.2. The Labute approximate surface area is 123 Å². The molecule has 0 unspecified atom stereocenters. The zero-order valence-electron chi connectivity index (χ0n) is 12.0. The van der Waals surface area contributed by atoms with Gasteiger partial charge in [-0.2, -0.15) is 0 Å². The van der Waals surface area contributed by atoms with Crippen molar-refractivity contribution in [2.24, 2.45) is 0 Å². The molecule has 0 saturated heterocycles. The molecule has 0 aliphatic heterocycles. The molecular formula is C13H16N4O3S. The van der Waals surface area contributed by atoms with E-state index in [1.54, 1.807) is 19.1 Å². The Bertz CT molecular complexity index is 763. The van der Waals surface area contributed by atoms with E-state index < -0.39 is 10.0 Å². The minimum Gasteiger partial charge on any atom is -0.293 e. The van der Waals surface area contributed by atoms with E-state index in [0.29, 0.717) is 6.54 Å². The summed E-state index contributed by atoms with van der Waals surface area (Å²) in [4.78, 5) is 11.6. The minimum absolute atomic E-state index is 0.00698. The van der Waals surface area contributed by atoms with Gasteiger partial charge in [0.15, 0.2) is 17.3 Å². The largest absolute Gasteiger partial charge is 0.293 e. The van der Waals surface area contributed by atoms with Crippen molar-refractivity contribution in [3.8, 4) is 0 Å². The van der Waals surface area contributed by atoms with Gasteiger partial charge in [-0.1, -0.05) is 22.9 Å². The fraction of sp³-hybridized carbons (Fsp3) is 0.308. The molecule has 0 aliphatic rings. The number of ketones is 1. The van der Waals surface area contributed by atoms with Gasteiger partial charge in [0.05, 0.1) is 4.90 Å². The second kappa shape index (κ2) is 5.65. The van der Waals surface area contributed by atoms with Gasteiger partial charge < -0.3 is 0 Å². The number of nitrogens with zero attached hydrogens (tertiary/aromatic N) is 3. The lowest BCUT2D eigenvalue weighted by Gasteiger charge is -2.10. The molecule has 2 aromatic rings. The molecule has 7 nitrogen and oxygen atoms in total. The van der Waals surface area contributed by atoms with Crippen LogP contribution in [0, 0.1) is 6.92 Å². The molecule has 0 amide bonds. The second-order valence-electron chi connectivity index (χ2n) is 4.58. The standard InChI is InChI=1S/C13H16N4O3S/c1-4-17-13(12(10(3)18)14-16-17)15-21(19,20)11-7-5-9(2)6-8-11/h5-8,15H,4H2,1-3H3. The van der Waals surface area contributed by atoms with Crippen LogP contribution in [0.3, 0.4) is 0 Å². The smallest absolute Gasteiger partial charge is 0.263 e. The number of aromatic nitrogens is 3. The Kier molecular flexibility index (Phi) is 4.08. The van der Waals surface area contributed by atoms with Crippen molar-refractivity contribution >= 4 is 21.6 Å². The molecule has 1 N–H and O–H groups in total. The second-order valence-corrected chi connectivity index (χ2v) is 6.26. The van der Waals surface area contributed by atoms with Crippen LogP contribution in [0.15, 0.2) is 29.2 Å². The van der Waals surface area contributed by atoms with Crippen molar-refractivity contribution in [1.29, 1.82) is 0 Å². The first-order chi connectivity index (χ1) is 9.85. The maximum atomic E-state index is 12.4. The van der Waals surface area contributed by atoms with Crippen LogP contribution >= 0.6 is 0 Å². The Morgan fingerprint density at radius 1 is 1.29 bits per heavy atom. The highest BCUT2D eigenvalue weighted by atomic mass is 32.2. The van der Waals surface area contributed by atoms with E-state index in [1.165, 1.54) is 23.7 Å². The number of hydrogen-bond donors (Lipinski definition) is 1. The van der Waals surface area contributed by atoms with Crippen molar-refractivity contribution in [3.63, 3.8) is 0 Å². The molecule has 0 aliphatic carbocycles. The van der Waals surface area contributed by atoms with Gasteiger partial charge >= 0.3 is 0 Å². The van der Waals surface area contributed by atoms with Crippen molar-refractivity contribution in [2.75, 3.05) is 4.72 Å². The van der Waals surface area contributed by atoms with Gasteiger partial charge in [0.25, 0.3) is 10.0 Å². The number of sulfonamides is 1. The summed E-state index contributed by atoms with van der Waals surface area (Å²) in [5.41, 5.74) is 0.964. The number of nitrogens with one attached hydrogen (secondary N) is 1. The van der Waals surface area contributed by atoms with E-state index in [4.69, 9.17) is 0 Å². The molecule has 0 radical (unpaired) electrons. The topological polar surface area (TPSA) is 93.9 Å². The molecule has 0 saturated carbocycles. The van der Waals surface area contributed by atoms with Crippen LogP contribution in [0.2, 0.25) is 0 Å². The number of hydrogen-bond acceptors (Lipinski definition) is 5. The van der Waals surface area contributed by atoms with Crippen LogP contribution in [0.5, 0.6) is 0 Å². The lowest BCUT2D eigenvalue weighted by molar-refractivity contribution is 0.101. The SMILES string of the molecule is CCn1nnc(C(C)=O)c1NS(=O)(=O)c1ccc(C)cc1. The molecule has 2 rings (SSSR count). The van der Waals surface area contributed by atoms with Gasteiger partial charge in [-0.05, 0) is 26.0 Å². The third-order valence-electron chi connectivity index (χ3n) is 2.93. The first-order valence-electron chi connectivity index (χ1n) is 6.39. The molecule has 0 bridgehead atoms. The number of aryl methyl sites for hydroxylation is 2. The summed E-state index contributed by atoms with van der Waals surface area (Å²) in [5.74, 6) is -0.262. The van der Waals surface area contributed by atoms with E-state index >= 15 is 0 Å². The molecule has 0 spiro atoms. The number of carbonyl (C=O) groups excluding carboxylic acids is 1. The van der Waals surface area contributed by atoms with E-state index in [2.05, 4.69) is 15.0 Å². The van der Waals surface area contributed by atoms with Gasteiger partial charge in [-0.3, -0.25) is 9.52 Å². The maximum Gasteiger partial charge on any atom is 0.263 e. The highest BCUT2D eigenvalue weighted by Gasteiger charge is 2.22. The van der Waals surface area contributed by atoms with Crippen LogP contribution in [0.25, 0.3) is 0 Å². The molecule has 1 aromatic heterocycles. The summed E-state index contributed by atoms with van der Waals surface area (Å²) in [7, 11) is -3.79. The predicted octanol–water partition coefficient (Wildman–Crippen LogP) is 1.61. The fourth-order valence-corrected chi connectivity index (χ4v) is 2.85. The van der Waals surface area contributed by atoms with Crippen molar-refractivity contribution < 1.29 is 13.2 Å². The normalized spacial score (nSPS) is 11.4. The summed E-state index contributed by atoms with van der Waals surface area (Å²) in [6.07, 6.45) is 0. The molecule has 8 heteroatoms. The van der Waals surface area contributed by atoms with E-state index in [9.17, 15) is 13.2 Å². The molecule has 1 aromatic carbocycles. The Morgan fingerprint density at radius 3 is 2.43 bits per heavy atom. The van der Waals surface area contributed by atoms with Gasteiger partial charge in [0.2, 0.25) is 0 Å². The van der Waals surface area contributed by atoms with Crippen LogP contribution in [0.4, 0.5) is 5.82 Å². The van der Waals surface area contributed by atoms with E-state index in [1.807, 2.05) is 6.92 Å². The lowest BCUT2D eigenvalue weighted by atomic mass is 10.2. The summed E-state index contributed by atoms with van der Waals surface area (Å²) < 4.78 is 28.5. The van der Waals surface area contributed by atoms with Gasteiger partial charge in [-0.25, -0.2) is 13.1 Å². The molecular weight excluding hydrogens is 292 g/mol. The zero-order valence-corrected chi connectivity index (χ0v) is 12.8. The van der Waals surface area contributed by atoms with Crippen LogP contribution in [0.1, 0.15) is 29.9 Å². The summed E-state index contributed by atoms with van der Waals surface area (Å²) in [6.45, 7) is 5.36. The average Bonchev–Trinajstić information content (AvgIpc) is 2.81. The highest BCUT2D eigenvalue weighted by Crippen LogP contribution is 2.19. The van der Waals surface area contributed by atoms with Gasteiger partial charge in [-0.15, -0.1) is 5.10 Å². The molecule has 0 atom stereocenters. The quantitative estimate of drug-likeness (QED) is 0.847. The third kappa shape index (κ3) is 3.10. The number of Topliss-reactive ketones (excluding diaryl/α,β-unsaturated/α-hetero) is 1. The Hall–Kier alpha value is -2.22. The van der Waals surface area contributed by atoms with Gasteiger partial charge in [0.1, 0.15) is 0 Å². The summed E-state index contributed by atoms with van der Waals surface area (Å²) in [6, 6.07) is 6.42. The van der Waals surface area contributed by atoms with E-state index in [0.717, 1.165) is 5.56 Å². The van der Waals surface area contributed by atoms with Crippen LogP contribution < -0.4 is 4.72 Å². The van der Waals surface area contributed by atoms with Crippen molar-refractivity contribution in [2.45, 2.75) is 32.2 Å². The lowest BCUT2D eigenvalue weighted by Crippen LogP contribution is -2.18. The number of carbonyl (C=O) groups is 1. The highest BCUT2D eigenvalue weighted by molar-refractivity contribution is 7.92. The first-order valence-corrected chi connectivity index (χ1v) is 7.87. The number of anilines is 1. The summed E-state index contributed by atoms with van der Waals surface area (Å²) >= 11 is 0. The molecule has 0 fully saturated rings. The van der Waals surface area contributed by atoms with Crippen LogP contribution in [-0.2, 0) is 16.6 Å². The monoisotopic (exact) mass is 308 g/mol. The van der Waals surface area contributed by atoms with Crippen molar-refractivity contribution in [1.82, 2.24) is 15.0 Å². The Balaban J connectivity index is 2.43. The average molecular weight is 308 g/mol. The van der Waals surface area contributed by atoms with Crippen LogP contribution in [-0.4, -0.2) is 29.2 Å². The number of rotatable bonds is 5. The molecule has 112 valence electrons. The van der Waals surface area contributed by atoms with Gasteiger partial charge in [0, 0.05) is 13.5 Å². The predicted molar refractivity (Wildman–Crippen MR) is 77.7 cm³/mol. The van der Waals surface area contributed by atoms with Crippen molar-refractivity contribution in [3.05, 3.63) is 35.5 Å². The fourth-order valence-electron chi connectivity index (χ4n) is 1.78. The summed E-state index contributed by atoms with van der Waals surface area (Å²) in [5, 5.41) is 7.48. The van der Waals surface area contributed by atoms with E-state index in [-0.39, 0.29) is 22.2 Å².